The van der Waals surface area contributed by atoms with E-state index in [1.54, 1.807) is 48.7 Å². The fourth-order valence-electron chi connectivity index (χ4n) is 5.76. The minimum absolute atomic E-state index is 0.322. The summed E-state index contributed by atoms with van der Waals surface area (Å²) in [4.78, 5) is 0. The molecule has 5 nitrogen and oxygen atoms in total. The lowest BCUT2D eigenvalue weighted by molar-refractivity contribution is -0.0591. The van der Waals surface area contributed by atoms with Crippen molar-refractivity contribution in [3.8, 4) is 0 Å². The molecule has 208 valence electrons. The Morgan fingerprint density at radius 2 is 1.09 bits per heavy atom. The first-order chi connectivity index (χ1) is 21.0. The Hall–Kier alpha value is -5.63. The zero-order valence-corrected chi connectivity index (χ0v) is 22.5. The minimum Gasteiger partial charge on any atom is -0.454 e. The van der Waals surface area contributed by atoms with E-state index in [-0.39, 0.29) is 5.76 Å². The molecule has 0 fully saturated rings. The summed E-state index contributed by atoms with van der Waals surface area (Å²) in [6.07, 6.45) is -3.07. The Morgan fingerprint density at radius 3 is 1.60 bits per heavy atom. The van der Waals surface area contributed by atoms with Gasteiger partial charge in [0.05, 0.1) is 28.3 Å². The SMILES string of the molecule is FC(F)(F)C(=Nn1c2ccccc2c2ccccc21)c1cc2cc(C=Nn3c4ccccc4c4ccccc43)ccc2o1. The average molecular weight is 571 g/mol. The number of benzene rings is 5. The number of rotatable bonds is 4. The van der Waals surface area contributed by atoms with Crippen LogP contribution in [0.5, 0.6) is 0 Å². The summed E-state index contributed by atoms with van der Waals surface area (Å²) in [6.45, 7) is 0. The van der Waals surface area contributed by atoms with Crippen molar-refractivity contribution in [2.24, 2.45) is 10.2 Å². The largest absolute Gasteiger partial charge is 0.454 e. The van der Waals surface area contributed by atoms with Gasteiger partial charge in [-0.05, 0) is 54.1 Å². The molecular weight excluding hydrogens is 549 g/mol. The van der Waals surface area contributed by atoms with Gasteiger partial charge in [0.25, 0.3) is 0 Å². The van der Waals surface area contributed by atoms with Crippen LogP contribution in [-0.2, 0) is 0 Å². The number of aromatic nitrogens is 2. The molecule has 0 aliphatic heterocycles. The molecule has 0 bridgehead atoms. The summed E-state index contributed by atoms with van der Waals surface area (Å²) in [5, 5.41) is 13.2. The van der Waals surface area contributed by atoms with Crippen LogP contribution in [0.25, 0.3) is 54.6 Å². The maximum Gasteiger partial charge on any atom is 0.438 e. The Labute approximate surface area is 242 Å². The molecule has 0 amide bonds. The first-order valence-corrected chi connectivity index (χ1v) is 13.7. The van der Waals surface area contributed by atoms with E-state index in [9.17, 15) is 13.2 Å². The Kier molecular flexibility index (Phi) is 5.52. The van der Waals surface area contributed by atoms with Gasteiger partial charge >= 0.3 is 6.18 Å². The maximum absolute atomic E-state index is 14.5. The van der Waals surface area contributed by atoms with Crippen LogP contribution in [-0.4, -0.2) is 27.5 Å². The standard InChI is InChI=1S/C35H21F3N4O/c36-35(37,38)34(40-42-30-15-7-3-11-26(30)27-12-4-8-16-31(27)42)33-20-23-19-22(17-18-32(23)43-33)21-39-41-28-13-5-1-9-24(28)25-10-2-6-14-29(25)41/h1-21H. The van der Waals surface area contributed by atoms with E-state index in [0.717, 1.165) is 38.1 Å². The molecule has 8 rings (SSSR count). The molecule has 8 aromatic rings. The highest BCUT2D eigenvalue weighted by Gasteiger charge is 2.40. The van der Waals surface area contributed by atoms with Crippen LogP contribution in [0.4, 0.5) is 13.2 Å². The van der Waals surface area contributed by atoms with Crippen LogP contribution < -0.4 is 0 Å². The summed E-state index contributed by atoms with van der Waals surface area (Å²) >= 11 is 0. The topological polar surface area (TPSA) is 47.7 Å². The van der Waals surface area contributed by atoms with Gasteiger partial charge in [-0.2, -0.15) is 23.4 Å². The average Bonchev–Trinajstić information content (AvgIpc) is 3.68. The zero-order valence-electron chi connectivity index (χ0n) is 22.5. The van der Waals surface area contributed by atoms with Crippen LogP contribution in [0.15, 0.2) is 136 Å². The second-order valence-electron chi connectivity index (χ2n) is 10.3. The van der Waals surface area contributed by atoms with Gasteiger partial charge in [0.2, 0.25) is 5.71 Å². The summed E-state index contributed by atoms with van der Waals surface area (Å²) in [5.41, 5.74) is 2.99. The lowest BCUT2D eigenvalue weighted by atomic mass is 10.1. The van der Waals surface area contributed by atoms with E-state index in [1.165, 1.54) is 10.7 Å². The van der Waals surface area contributed by atoms with Crippen molar-refractivity contribution in [3.05, 3.63) is 133 Å². The Balaban J connectivity index is 1.23. The lowest BCUT2D eigenvalue weighted by Gasteiger charge is -2.09. The van der Waals surface area contributed by atoms with Crippen LogP contribution in [0.2, 0.25) is 0 Å². The summed E-state index contributed by atoms with van der Waals surface area (Å²) in [6, 6.07) is 37.1. The number of fused-ring (bicyclic) bond motifs is 7. The highest BCUT2D eigenvalue weighted by molar-refractivity contribution is 6.10. The van der Waals surface area contributed by atoms with Gasteiger partial charge in [0, 0.05) is 26.9 Å². The molecule has 0 atom stereocenters. The van der Waals surface area contributed by atoms with Gasteiger partial charge in [-0.1, -0.05) is 72.8 Å². The van der Waals surface area contributed by atoms with Gasteiger partial charge in [0.15, 0.2) is 5.76 Å². The van der Waals surface area contributed by atoms with Gasteiger partial charge in [-0.15, -0.1) is 0 Å². The van der Waals surface area contributed by atoms with Crippen molar-refractivity contribution in [1.29, 1.82) is 0 Å². The van der Waals surface area contributed by atoms with Crippen molar-refractivity contribution in [3.63, 3.8) is 0 Å². The first kappa shape index (κ1) is 25.1. The maximum atomic E-state index is 14.5. The quantitative estimate of drug-likeness (QED) is 0.195. The normalized spacial score (nSPS) is 13.0. The second-order valence-corrected chi connectivity index (χ2v) is 10.3. The molecule has 0 unspecified atom stereocenters. The highest BCUT2D eigenvalue weighted by atomic mass is 19.4. The minimum atomic E-state index is -4.76. The number of nitrogens with zero attached hydrogens (tertiary/aromatic N) is 4. The van der Waals surface area contributed by atoms with Crippen molar-refractivity contribution in [2.75, 3.05) is 0 Å². The number of hydrogen-bond donors (Lipinski definition) is 0. The Bertz CT molecular complexity index is 2300. The number of alkyl halides is 3. The predicted molar refractivity (Wildman–Crippen MR) is 166 cm³/mol. The molecule has 0 N–H and O–H groups in total. The van der Waals surface area contributed by atoms with Crippen molar-refractivity contribution in [1.82, 2.24) is 9.35 Å². The fourth-order valence-corrected chi connectivity index (χ4v) is 5.76. The van der Waals surface area contributed by atoms with Crippen LogP contribution in [0.3, 0.4) is 0 Å². The molecule has 0 saturated heterocycles. The Morgan fingerprint density at radius 1 is 0.605 bits per heavy atom. The van der Waals surface area contributed by atoms with Crippen LogP contribution >= 0.6 is 0 Å². The van der Waals surface area contributed by atoms with Gasteiger partial charge in [0.1, 0.15) is 5.58 Å². The third-order valence-corrected chi connectivity index (χ3v) is 7.67. The van der Waals surface area contributed by atoms with Gasteiger partial charge in [-0.25, -0.2) is 9.35 Å². The fraction of sp³-hybridized carbons (Fsp3) is 0.0286. The number of para-hydroxylation sites is 4. The number of furan rings is 1. The molecular formula is C35H21F3N4O. The predicted octanol–water partition coefficient (Wildman–Crippen LogP) is 9.35. The molecule has 5 aromatic carbocycles. The van der Waals surface area contributed by atoms with E-state index < -0.39 is 11.9 Å². The van der Waals surface area contributed by atoms with Crippen molar-refractivity contribution < 1.29 is 17.6 Å². The monoisotopic (exact) mass is 570 g/mol. The molecule has 3 heterocycles. The van der Waals surface area contributed by atoms with E-state index in [4.69, 9.17) is 9.52 Å². The molecule has 0 spiro atoms. The first-order valence-electron chi connectivity index (χ1n) is 13.7. The molecule has 8 heteroatoms. The number of hydrogen-bond acceptors (Lipinski definition) is 3. The van der Waals surface area contributed by atoms with Gasteiger partial charge < -0.3 is 4.42 Å². The zero-order chi connectivity index (χ0) is 29.1. The van der Waals surface area contributed by atoms with E-state index >= 15 is 0 Å². The second kappa shape index (κ2) is 9.46. The van der Waals surface area contributed by atoms with E-state index in [0.29, 0.717) is 22.0 Å². The summed E-state index contributed by atoms with van der Waals surface area (Å²) in [7, 11) is 0. The number of halogens is 3. The molecule has 0 aliphatic carbocycles. The van der Waals surface area contributed by atoms with Crippen molar-refractivity contribution in [2.45, 2.75) is 6.18 Å². The van der Waals surface area contributed by atoms with Crippen LogP contribution in [0, 0.1) is 0 Å². The van der Waals surface area contributed by atoms with E-state index in [2.05, 4.69) is 17.2 Å². The van der Waals surface area contributed by atoms with Crippen LogP contribution in [0.1, 0.15) is 11.3 Å². The third-order valence-electron chi connectivity index (χ3n) is 7.67. The molecule has 43 heavy (non-hydrogen) atoms. The van der Waals surface area contributed by atoms with E-state index in [1.807, 2.05) is 65.3 Å². The molecule has 3 aromatic heterocycles. The smallest absolute Gasteiger partial charge is 0.438 e. The van der Waals surface area contributed by atoms with Gasteiger partial charge in [-0.3, -0.25) is 0 Å². The summed E-state index contributed by atoms with van der Waals surface area (Å²) < 4.78 is 52.5. The lowest BCUT2D eigenvalue weighted by Crippen LogP contribution is -2.24. The third kappa shape index (κ3) is 4.10. The van der Waals surface area contributed by atoms with Crippen molar-refractivity contribution >= 4 is 66.5 Å². The molecule has 0 radical (unpaired) electrons. The molecule has 0 aliphatic rings. The highest BCUT2D eigenvalue weighted by Crippen LogP contribution is 2.33. The summed E-state index contributed by atoms with van der Waals surface area (Å²) in [5.74, 6) is -0.360. The molecule has 0 saturated carbocycles.